The molecule has 0 aliphatic heterocycles. The lowest BCUT2D eigenvalue weighted by molar-refractivity contribution is 0.102. The van der Waals surface area contributed by atoms with Crippen LogP contribution < -0.4 is 10.6 Å². The molecule has 0 fully saturated rings. The fourth-order valence-electron chi connectivity index (χ4n) is 2.65. The molecule has 142 valence electrons. The minimum Gasteiger partial charge on any atom is -0.469 e. The maximum absolute atomic E-state index is 12.8. The summed E-state index contributed by atoms with van der Waals surface area (Å²) in [4.78, 5) is 12.6. The number of carbonyl (C=O) groups is 1. The molecule has 0 radical (unpaired) electrons. The van der Waals surface area contributed by atoms with Crippen molar-refractivity contribution < 1.29 is 17.6 Å². The highest BCUT2D eigenvalue weighted by Crippen LogP contribution is 2.28. The fraction of sp³-hybridized carbons (Fsp3) is 0.389. The Bertz CT molecular complexity index is 870. The number of furan rings is 1. The third-order valence-corrected chi connectivity index (χ3v) is 6.10. The van der Waals surface area contributed by atoms with Crippen LogP contribution in [0.5, 0.6) is 0 Å². The number of nitrogens with zero attached hydrogens (tertiary/aromatic N) is 1. The van der Waals surface area contributed by atoms with E-state index in [4.69, 9.17) is 4.42 Å². The van der Waals surface area contributed by atoms with Crippen LogP contribution in [0.1, 0.15) is 36.9 Å². The first kappa shape index (κ1) is 20.0. The molecule has 1 aromatic carbocycles. The van der Waals surface area contributed by atoms with Gasteiger partial charge in [0.15, 0.2) is 0 Å². The predicted molar refractivity (Wildman–Crippen MR) is 102 cm³/mol. The van der Waals surface area contributed by atoms with Crippen LogP contribution in [0.15, 0.2) is 39.8 Å². The van der Waals surface area contributed by atoms with E-state index >= 15 is 0 Å². The smallest absolute Gasteiger partial charge is 0.259 e. The van der Waals surface area contributed by atoms with Crippen molar-refractivity contribution in [3.8, 4) is 0 Å². The van der Waals surface area contributed by atoms with E-state index in [1.54, 1.807) is 39.0 Å². The number of nitrogens with one attached hydrogen (secondary N) is 2. The lowest BCUT2D eigenvalue weighted by Gasteiger charge is -2.20. The maximum atomic E-state index is 12.8. The van der Waals surface area contributed by atoms with E-state index in [1.807, 2.05) is 6.92 Å². The Morgan fingerprint density at radius 3 is 2.35 bits per heavy atom. The molecule has 2 aromatic rings. The summed E-state index contributed by atoms with van der Waals surface area (Å²) in [5.41, 5.74) is 1.47. The third-order valence-electron chi connectivity index (χ3n) is 4.05. The van der Waals surface area contributed by atoms with Gasteiger partial charge in [-0.1, -0.05) is 13.8 Å². The van der Waals surface area contributed by atoms with Gasteiger partial charge in [-0.05, 0) is 38.1 Å². The summed E-state index contributed by atoms with van der Waals surface area (Å²) < 4.78 is 32.1. The highest BCUT2D eigenvalue weighted by atomic mass is 32.2. The number of hydrogen-bond donors (Lipinski definition) is 2. The van der Waals surface area contributed by atoms with Crippen LogP contribution >= 0.6 is 0 Å². The van der Waals surface area contributed by atoms with Gasteiger partial charge in [0.05, 0.1) is 28.1 Å². The number of hydrogen-bond acceptors (Lipinski definition) is 5. The summed E-state index contributed by atoms with van der Waals surface area (Å²) in [6, 6.07) is 6.27. The highest BCUT2D eigenvalue weighted by molar-refractivity contribution is 7.89. The average molecular weight is 379 g/mol. The Morgan fingerprint density at radius 2 is 1.81 bits per heavy atom. The molecule has 0 atom stereocenters. The van der Waals surface area contributed by atoms with Gasteiger partial charge < -0.3 is 15.1 Å². The molecule has 0 unspecified atom stereocenters. The van der Waals surface area contributed by atoms with E-state index in [9.17, 15) is 13.2 Å². The molecule has 0 saturated heterocycles. The molecule has 0 bridgehead atoms. The monoisotopic (exact) mass is 379 g/mol. The van der Waals surface area contributed by atoms with E-state index in [0.717, 1.165) is 0 Å². The molecule has 8 heteroatoms. The predicted octanol–water partition coefficient (Wildman–Crippen LogP) is 3.30. The van der Waals surface area contributed by atoms with Gasteiger partial charge in [-0.15, -0.1) is 0 Å². The van der Waals surface area contributed by atoms with Gasteiger partial charge in [0, 0.05) is 19.6 Å². The molecule has 0 aliphatic carbocycles. The molecule has 2 rings (SSSR count). The van der Waals surface area contributed by atoms with Crippen LogP contribution in [-0.4, -0.2) is 38.3 Å². The first-order valence-corrected chi connectivity index (χ1v) is 10.0. The second kappa shape index (κ2) is 8.37. The molecule has 0 saturated carbocycles. The van der Waals surface area contributed by atoms with Crippen LogP contribution in [-0.2, 0) is 10.0 Å². The SMILES string of the molecule is CCNc1ccc(S(=O)(=O)N(CC)CC)cc1NC(=O)c1ccoc1C. The molecule has 26 heavy (non-hydrogen) atoms. The van der Waals surface area contributed by atoms with Crippen molar-refractivity contribution in [3.63, 3.8) is 0 Å². The van der Waals surface area contributed by atoms with Crippen LogP contribution in [0, 0.1) is 6.92 Å². The van der Waals surface area contributed by atoms with Crippen LogP contribution in [0.4, 0.5) is 11.4 Å². The maximum Gasteiger partial charge on any atom is 0.259 e. The van der Waals surface area contributed by atoms with Crippen molar-refractivity contribution in [2.75, 3.05) is 30.3 Å². The van der Waals surface area contributed by atoms with E-state index in [2.05, 4.69) is 10.6 Å². The first-order chi connectivity index (χ1) is 12.3. The lowest BCUT2D eigenvalue weighted by Crippen LogP contribution is -2.30. The Balaban J connectivity index is 2.43. The van der Waals surface area contributed by atoms with Crippen molar-refractivity contribution in [2.45, 2.75) is 32.6 Å². The zero-order chi connectivity index (χ0) is 19.3. The second-order valence-corrected chi connectivity index (χ2v) is 7.61. The number of aryl methyl sites for hydroxylation is 1. The van der Waals surface area contributed by atoms with Crippen molar-refractivity contribution in [1.82, 2.24) is 4.31 Å². The Morgan fingerprint density at radius 1 is 1.12 bits per heavy atom. The van der Waals surface area contributed by atoms with E-state index < -0.39 is 10.0 Å². The Hall–Kier alpha value is -2.32. The van der Waals surface area contributed by atoms with Crippen molar-refractivity contribution in [1.29, 1.82) is 0 Å². The zero-order valence-corrected chi connectivity index (χ0v) is 16.3. The Kier molecular flexibility index (Phi) is 6.44. The van der Waals surface area contributed by atoms with Gasteiger partial charge in [-0.25, -0.2) is 8.42 Å². The third kappa shape index (κ3) is 4.08. The van der Waals surface area contributed by atoms with Gasteiger partial charge in [0.1, 0.15) is 5.76 Å². The van der Waals surface area contributed by atoms with Crippen molar-refractivity contribution >= 4 is 27.3 Å². The highest BCUT2D eigenvalue weighted by Gasteiger charge is 2.23. The number of anilines is 2. The van der Waals surface area contributed by atoms with Crippen LogP contribution in [0.2, 0.25) is 0 Å². The summed E-state index contributed by atoms with van der Waals surface area (Å²) in [5, 5.41) is 5.91. The molecule has 0 spiro atoms. The first-order valence-electron chi connectivity index (χ1n) is 8.58. The van der Waals surface area contributed by atoms with Crippen LogP contribution in [0.3, 0.4) is 0 Å². The minimum atomic E-state index is -3.62. The normalized spacial score (nSPS) is 11.6. The molecule has 1 aromatic heterocycles. The van der Waals surface area contributed by atoms with E-state index in [0.29, 0.717) is 42.3 Å². The molecular formula is C18H25N3O4S. The van der Waals surface area contributed by atoms with Gasteiger partial charge in [-0.2, -0.15) is 4.31 Å². The zero-order valence-electron chi connectivity index (χ0n) is 15.5. The molecule has 0 aliphatic rings. The summed E-state index contributed by atoms with van der Waals surface area (Å²) in [5.74, 6) is 0.146. The topological polar surface area (TPSA) is 91.7 Å². The van der Waals surface area contributed by atoms with Gasteiger partial charge >= 0.3 is 0 Å². The molecule has 7 nitrogen and oxygen atoms in total. The number of amides is 1. The molecule has 1 amide bonds. The Labute approximate surface area is 154 Å². The summed E-state index contributed by atoms with van der Waals surface area (Å²) >= 11 is 0. The lowest BCUT2D eigenvalue weighted by atomic mass is 10.2. The molecule has 1 heterocycles. The summed E-state index contributed by atoms with van der Waals surface area (Å²) in [6.45, 7) is 8.59. The van der Waals surface area contributed by atoms with Crippen LogP contribution in [0.25, 0.3) is 0 Å². The average Bonchev–Trinajstić information content (AvgIpc) is 3.03. The van der Waals surface area contributed by atoms with E-state index in [1.165, 1.54) is 16.6 Å². The van der Waals surface area contributed by atoms with Gasteiger partial charge in [0.2, 0.25) is 10.0 Å². The largest absolute Gasteiger partial charge is 0.469 e. The number of benzene rings is 1. The number of carbonyl (C=O) groups excluding carboxylic acids is 1. The quantitative estimate of drug-likeness (QED) is 0.734. The van der Waals surface area contributed by atoms with Crippen molar-refractivity contribution in [3.05, 3.63) is 41.9 Å². The van der Waals surface area contributed by atoms with Gasteiger partial charge in [-0.3, -0.25) is 4.79 Å². The van der Waals surface area contributed by atoms with Crippen molar-refractivity contribution in [2.24, 2.45) is 0 Å². The molecule has 2 N–H and O–H groups in total. The summed E-state index contributed by atoms with van der Waals surface area (Å²) in [7, 11) is -3.62. The van der Waals surface area contributed by atoms with E-state index in [-0.39, 0.29) is 10.8 Å². The second-order valence-electron chi connectivity index (χ2n) is 5.67. The van der Waals surface area contributed by atoms with Gasteiger partial charge in [0.25, 0.3) is 5.91 Å². The number of sulfonamides is 1. The molecular weight excluding hydrogens is 354 g/mol. The minimum absolute atomic E-state index is 0.141. The summed E-state index contributed by atoms with van der Waals surface area (Å²) in [6.07, 6.45) is 1.44. The number of rotatable bonds is 8. The standard InChI is InChI=1S/C18H25N3O4S/c1-5-19-16-9-8-14(26(23,24)21(6-2)7-3)12-17(16)20-18(22)15-10-11-25-13(15)4/h8-12,19H,5-7H2,1-4H3,(H,20,22). The fourth-order valence-corrected chi connectivity index (χ4v) is 4.14.